The van der Waals surface area contributed by atoms with Gasteiger partial charge in [-0.2, -0.15) is 0 Å². The highest BCUT2D eigenvalue weighted by Gasteiger charge is 2.20. The standard InChI is InChI=1S/C16H22O3/c1-16(2,3)13-6-4-12(5-7-13)10-14(17)11-15-18-8-9-19-15/h4-7,15H,8-11H2,1-3H3. The van der Waals surface area contributed by atoms with Crippen molar-refractivity contribution in [1.29, 1.82) is 0 Å². The van der Waals surface area contributed by atoms with Crippen LogP contribution in [0.1, 0.15) is 38.3 Å². The molecule has 1 aliphatic rings. The second kappa shape index (κ2) is 5.85. The number of carbonyl (C=O) groups excluding carboxylic acids is 1. The molecular formula is C16H22O3. The average molecular weight is 262 g/mol. The number of rotatable bonds is 4. The minimum atomic E-state index is -0.332. The van der Waals surface area contributed by atoms with Gasteiger partial charge in [0.1, 0.15) is 5.78 Å². The summed E-state index contributed by atoms with van der Waals surface area (Å²) in [4.78, 5) is 11.9. The van der Waals surface area contributed by atoms with E-state index < -0.39 is 0 Å². The summed E-state index contributed by atoms with van der Waals surface area (Å²) in [5, 5.41) is 0. The van der Waals surface area contributed by atoms with Gasteiger partial charge in [-0.25, -0.2) is 0 Å². The minimum Gasteiger partial charge on any atom is -0.350 e. The van der Waals surface area contributed by atoms with Gasteiger partial charge in [-0.15, -0.1) is 0 Å². The molecule has 104 valence electrons. The maximum atomic E-state index is 11.9. The zero-order valence-corrected chi connectivity index (χ0v) is 11.9. The Morgan fingerprint density at radius 3 is 2.26 bits per heavy atom. The summed E-state index contributed by atoms with van der Waals surface area (Å²) in [5.41, 5.74) is 2.48. The quantitative estimate of drug-likeness (QED) is 0.837. The van der Waals surface area contributed by atoms with Crippen molar-refractivity contribution < 1.29 is 14.3 Å². The molecule has 3 heteroatoms. The van der Waals surface area contributed by atoms with Gasteiger partial charge in [-0.1, -0.05) is 45.0 Å². The number of ether oxygens (including phenoxy) is 2. The molecule has 0 unspecified atom stereocenters. The van der Waals surface area contributed by atoms with Gasteiger partial charge in [-0.05, 0) is 16.5 Å². The molecule has 0 amide bonds. The molecular weight excluding hydrogens is 240 g/mol. The lowest BCUT2D eigenvalue weighted by Gasteiger charge is -2.19. The van der Waals surface area contributed by atoms with E-state index in [1.165, 1.54) is 5.56 Å². The Balaban J connectivity index is 1.90. The smallest absolute Gasteiger partial charge is 0.164 e. The van der Waals surface area contributed by atoms with Gasteiger partial charge in [0.2, 0.25) is 0 Å². The molecule has 1 heterocycles. The van der Waals surface area contributed by atoms with Crippen molar-refractivity contribution in [3.8, 4) is 0 Å². The molecule has 0 aromatic heterocycles. The topological polar surface area (TPSA) is 35.5 Å². The molecule has 1 saturated heterocycles. The fourth-order valence-corrected chi connectivity index (χ4v) is 2.13. The van der Waals surface area contributed by atoms with Crippen LogP contribution in [0.5, 0.6) is 0 Å². The summed E-state index contributed by atoms with van der Waals surface area (Å²) in [5.74, 6) is 0.162. The van der Waals surface area contributed by atoms with Crippen molar-refractivity contribution in [3.63, 3.8) is 0 Å². The number of benzene rings is 1. The second-order valence-corrected chi connectivity index (χ2v) is 6.04. The maximum absolute atomic E-state index is 11.9. The van der Waals surface area contributed by atoms with Gasteiger partial charge in [0.05, 0.1) is 19.6 Å². The molecule has 0 radical (unpaired) electrons. The first-order valence-corrected chi connectivity index (χ1v) is 6.79. The van der Waals surface area contributed by atoms with Crippen molar-refractivity contribution >= 4 is 5.78 Å². The number of Topliss-reactive ketones (excluding diaryl/α,β-unsaturated/α-hetero) is 1. The van der Waals surface area contributed by atoms with E-state index in [1.807, 2.05) is 12.1 Å². The Hall–Kier alpha value is -1.19. The summed E-state index contributed by atoms with van der Waals surface area (Å²) in [6.45, 7) is 7.74. The summed E-state index contributed by atoms with van der Waals surface area (Å²) >= 11 is 0. The Morgan fingerprint density at radius 2 is 1.74 bits per heavy atom. The third kappa shape index (κ3) is 4.15. The summed E-state index contributed by atoms with van der Waals surface area (Å²) < 4.78 is 10.6. The van der Waals surface area contributed by atoms with Gasteiger partial charge >= 0.3 is 0 Å². The monoisotopic (exact) mass is 262 g/mol. The summed E-state index contributed by atoms with van der Waals surface area (Å²) in [6, 6.07) is 8.28. The van der Waals surface area contributed by atoms with E-state index in [4.69, 9.17) is 9.47 Å². The van der Waals surface area contributed by atoms with Crippen LogP contribution in [0.4, 0.5) is 0 Å². The first kappa shape index (κ1) is 14.2. The summed E-state index contributed by atoms with van der Waals surface area (Å²) in [6.07, 6.45) is 0.468. The van der Waals surface area contributed by atoms with E-state index in [1.54, 1.807) is 0 Å². The average Bonchev–Trinajstić information content (AvgIpc) is 2.81. The summed E-state index contributed by atoms with van der Waals surface area (Å²) in [7, 11) is 0. The Kier molecular flexibility index (Phi) is 4.38. The predicted octanol–water partition coefficient (Wildman–Crippen LogP) is 2.86. The molecule has 3 nitrogen and oxygen atoms in total. The van der Waals surface area contributed by atoms with Crippen LogP contribution in [0.15, 0.2) is 24.3 Å². The largest absolute Gasteiger partial charge is 0.350 e. The first-order chi connectivity index (χ1) is 8.95. The maximum Gasteiger partial charge on any atom is 0.164 e. The van der Waals surface area contributed by atoms with Crippen LogP contribution in [0.3, 0.4) is 0 Å². The Bertz CT molecular complexity index is 422. The number of ketones is 1. The molecule has 2 rings (SSSR count). The number of hydrogen-bond donors (Lipinski definition) is 0. The van der Waals surface area contributed by atoms with Crippen LogP contribution in [-0.4, -0.2) is 25.3 Å². The molecule has 0 spiro atoms. The predicted molar refractivity (Wildman–Crippen MR) is 74.2 cm³/mol. The van der Waals surface area contributed by atoms with Crippen molar-refractivity contribution in [1.82, 2.24) is 0 Å². The SMILES string of the molecule is CC(C)(C)c1ccc(CC(=O)CC2OCCO2)cc1. The van der Waals surface area contributed by atoms with Gasteiger partial charge in [0.25, 0.3) is 0 Å². The highest BCUT2D eigenvalue weighted by molar-refractivity contribution is 5.81. The van der Waals surface area contributed by atoms with Crippen LogP contribution in [-0.2, 0) is 26.1 Å². The molecule has 1 fully saturated rings. The highest BCUT2D eigenvalue weighted by atomic mass is 16.7. The molecule has 0 saturated carbocycles. The Labute approximate surface area is 114 Å². The lowest BCUT2D eigenvalue weighted by atomic mass is 9.86. The third-order valence-electron chi connectivity index (χ3n) is 3.31. The van der Waals surface area contributed by atoms with Gasteiger partial charge < -0.3 is 9.47 Å². The molecule has 1 aromatic carbocycles. The first-order valence-electron chi connectivity index (χ1n) is 6.79. The molecule has 0 bridgehead atoms. The van der Waals surface area contributed by atoms with E-state index in [2.05, 4.69) is 32.9 Å². The second-order valence-electron chi connectivity index (χ2n) is 6.04. The zero-order chi connectivity index (χ0) is 13.9. The Morgan fingerprint density at radius 1 is 1.16 bits per heavy atom. The van der Waals surface area contributed by atoms with Crippen molar-refractivity contribution in [3.05, 3.63) is 35.4 Å². The molecule has 19 heavy (non-hydrogen) atoms. The van der Waals surface area contributed by atoms with Gasteiger partial charge in [-0.3, -0.25) is 4.79 Å². The molecule has 1 aromatic rings. The number of carbonyl (C=O) groups is 1. The molecule has 1 aliphatic heterocycles. The van der Waals surface area contributed by atoms with Crippen molar-refractivity contribution in [2.45, 2.75) is 45.3 Å². The van der Waals surface area contributed by atoms with E-state index in [-0.39, 0.29) is 17.5 Å². The van der Waals surface area contributed by atoms with Crippen LogP contribution in [0.25, 0.3) is 0 Å². The van der Waals surface area contributed by atoms with Crippen LogP contribution >= 0.6 is 0 Å². The lowest BCUT2D eigenvalue weighted by molar-refractivity contribution is -0.126. The number of hydrogen-bond acceptors (Lipinski definition) is 3. The fourth-order valence-electron chi connectivity index (χ4n) is 2.13. The molecule has 0 aliphatic carbocycles. The van der Waals surface area contributed by atoms with E-state index in [0.29, 0.717) is 26.1 Å². The van der Waals surface area contributed by atoms with Gasteiger partial charge in [0.15, 0.2) is 6.29 Å². The molecule has 0 N–H and O–H groups in total. The third-order valence-corrected chi connectivity index (χ3v) is 3.31. The lowest BCUT2D eigenvalue weighted by Crippen LogP contribution is -2.16. The fraction of sp³-hybridized carbons (Fsp3) is 0.562. The van der Waals surface area contributed by atoms with Crippen molar-refractivity contribution in [2.24, 2.45) is 0 Å². The van der Waals surface area contributed by atoms with Crippen LogP contribution in [0.2, 0.25) is 0 Å². The van der Waals surface area contributed by atoms with Gasteiger partial charge in [0, 0.05) is 6.42 Å². The van der Waals surface area contributed by atoms with E-state index in [9.17, 15) is 4.79 Å². The van der Waals surface area contributed by atoms with E-state index >= 15 is 0 Å². The highest BCUT2D eigenvalue weighted by Crippen LogP contribution is 2.22. The van der Waals surface area contributed by atoms with Crippen molar-refractivity contribution in [2.75, 3.05) is 13.2 Å². The van der Waals surface area contributed by atoms with Crippen LogP contribution < -0.4 is 0 Å². The zero-order valence-electron chi connectivity index (χ0n) is 11.9. The molecule has 0 atom stereocenters. The normalized spacial score (nSPS) is 16.8. The van der Waals surface area contributed by atoms with Crippen LogP contribution in [0, 0.1) is 0 Å². The minimum absolute atomic E-state index is 0.147. The van der Waals surface area contributed by atoms with E-state index in [0.717, 1.165) is 5.56 Å².